The van der Waals surface area contributed by atoms with Crippen LogP contribution in [-0.2, 0) is 14.3 Å². The summed E-state index contributed by atoms with van der Waals surface area (Å²) >= 11 is 0. The third kappa shape index (κ3) is 3.59. The lowest BCUT2D eigenvalue weighted by molar-refractivity contribution is -0.121. The van der Waals surface area contributed by atoms with Crippen LogP contribution < -0.4 is 10.6 Å². The summed E-state index contributed by atoms with van der Waals surface area (Å²) in [4.78, 5) is 39.9. The summed E-state index contributed by atoms with van der Waals surface area (Å²) in [5.74, 6) is -2.54. The molecule has 4 N–H and O–H groups in total. The number of esters is 1. The lowest BCUT2D eigenvalue weighted by Gasteiger charge is -2.30. The number of carbonyl (C=O) groups is 3. The van der Waals surface area contributed by atoms with Crippen molar-refractivity contribution in [3.63, 3.8) is 0 Å². The molecule has 0 radical (unpaired) electrons. The topological polar surface area (TPSA) is 131 Å². The minimum Gasteiger partial charge on any atom is -0.508 e. The fourth-order valence-electron chi connectivity index (χ4n) is 2.78. The second kappa shape index (κ2) is 7.85. The molecule has 10 heteroatoms. The fourth-order valence-corrected chi connectivity index (χ4v) is 2.78. The van der Waals surface area contributed by atoms with Crippen LogP contribution in [0.5, 0.6) is 11.5 Å². The second-order valence-electron chi connectivity index (χ2n) is 5.69. The van der Waals surface area contributed by atoms with E-state index in [0.717, 1.165) is 12.1 Å². The van der Waals surface area contributed by atoms with E-state index in [-0.39, 0.29) is 35.0 Å². The third-order valence-electron chi connectivity index (χ3n) is 4.10. The van der Waals surface area contributed by atoms with Crippen LogP contribution in [0, 0.1) is 0 Å². The number of phenolic OH excluding ortho intramolecular Hbond substituents is 2. The van der Waals surface area contributed by atoms with Crippen molar-refractivity contribution in [1.82, 2.24) is 20.4 Å². The van der Waals surface area contributed by atoms with E-state index in [4.69, 9.17) is 4.74 Å². The van der Waals surface area contributed by atoms with Gasteiger partial charge in [-0.15, -0.1) is 0 Å². The monoisotopic (exact) mass is 378 g/mol. The van der Waals surface area contributed by atoms with Crippen LogP contribution in [0.25, 0.3) is 0 Å². The first-order valence-corrected chi connectivity index (χ1v) is 8.17. The molecule has 0 aliphatic carbocycles. The molecule has 10 nitrogen and oxygen atoms in total. The van der Waals surface area contributed by atoms with Gasteiger partial charge in [-0.05, 0) is 25.1 Å². The Morgan fingerprint density at radius 3 is 2.26 bits per heavy atom. The number of nitrogens with zero attached hydrogens (tertiary/aromatic N) is 2. The van der Waals surface area contributed by atoms with Gasteiger partial charge in [0.1, 0.15) is 28.5 Å². The summed E-state index contributed by atoms with van der Waals surface area (Å²) in [5, 5.41) is 24.3. The summed E-state index contributed by atoms with van der Waals surface area (Å²) in [6.07, 6.45) is -1.09. The average Bonchev–Trinajstić information content (AvgIpc) is 2.94. The molecule has 1 aliphatic heterocycles. The van der Waals surface area contributed by atoms with Crippen LogP contribution >= 0.6 is 0 Å². The second-order valence-corrected chi connectivity index (χ2v) is 5.69. The van der Waals surface area contributed by atoms with Crippen LogP contribution in [0.2, 0.25) is 0 Å². The van der Waals surface area contributed by atoms with Crippen LogP contribution in [0.15, 0.2) is 29.6 Å². The van der Waals surface area contributed by atoms with Crippen LogP contribution in [-0.4, -0.2) is 71.8 Å². The predicted molar refractivity (Wildman–Crippen MR) is 94.3 cm³/mol. The molecule has 0 fully saturated rings. The first-order chi connectivity index (χ1) is 12.8. The van der Waals surface area contributed by atoms with Crippen molar-refractivity contribution in [2.75, 3.05) is 27.7 Å². The van der Waals surface area contributed by atoms with Gasteiger partial charge in [0.2, 0.25) is 0 Å². The Labute approximate surface area is 156 Å². The Bertz CT molecular complexity index is 807. The highest BCUT2D eigenvalue weighted by atomic mass is 16.6. The number of aromatic hydroxyl groups is 2. The van der Waals surface area contributed by atoms with E-state index in [9.17, 15) is 24.6 Å². The maximum Gasteiger partial charge on any atom is 0.345 e. The zero-order valence-corrected chi connectivity index (χ0v) is 15.4. The molecular formula is C17H22N4O6. The van der Waals surface area contributed by atoms with Crippen LogP contribution in [0.4, 0.5) is 0 Å². The number of rotatable bonds is 5. The molecule has 1 atom stereocenters. The molecule has 2 amide bonds. The Morgan fingerprint density at radius 2 is 1.70 bits per heavy atom. The molecule has 27 heavy (non-hydrogen) atoms. The molecule has 2 rings (SSSR count). The number of carbonyl (C=O) groups excluding carboxylic acids is 3. The SMILES string of the molecule is CCN1C(C(=O)NC)=C(C(=O)NC)N(C)C1OC(=O)c1cc(O)ccc1O. The summed E-state index contributed by atoms with van der Waals surface area (Å²) in [6.45, 7) is 1.99. The Kier molecular flexibility index (Phi) is 5.78. The number of phenols is 2. The van der Waals surface area contributed by atoms with Gasteiger partial charge in [-0.2, -0.15) is 0 Å². The number of ether oxygens (including phenoxy) is 1. The van der Waals surface area contributed by atoms with E-state index in [1.54, 1.807) is 6.92 Å². The Morgan fingerprint density at radius 1 is 1.11 bits per heavy atom. The van der Waals surface area contributed by atoms with Gasteiger partial charge in [0.05, 0.1) is 0 Å². The molecule has 1 unspecified atom stereocenters. The zero-order valence-electron chi connectivity index (χ0n) is 15.4. The number of hydrogen-bond donors (Lipinski definition) is 4. The van der Waals surface area contributed by atoms with Crippen molar-refractivity contribution in [1.29, 1.82) is 0 Å². The lowest BCUT2D eigenvalue weighted by Crippen LogP contribution is -2.44. The van der Waals surface area contributed by atoms with Gasteiger partial charge in [-0.3, -0.25) is 9.59 Å². The van der Waals surface area contributed by atoms with Gasteiger partial charge in [0.25, 0.3) is 18.2 Å². The highest BCUT2D eigenvalue weighted by molar-refractivity contribution is 6.04. The number of amides is 2. The first-order valence-electron chi connectivity index (χ1n) is 8.17. The van der Waals surface area contributed by atoms with Gasteiger partial charge < -0.3 is 35.4 Å². The largest absolute Gasteiger partial charge is 0.508 e. The van der Waals surface area contributed by atoms with E-state index < -0.39 is 24.1 Å². The molecule has 1 heterocycles. The van der Waals surface area contributed by atoms with E-state index in [1.165, 1.54) is 37.0 Å². The van der Waals surface area contributed by atoms with Gasteiger partial charge in [-0.1, -0.05) is 0 Å². The van der Waals surface area contributed by atoms with E-state index in [1.807, 2.05) is 0 Å². The minimum absolute atomic E-state index is 0.0385. The van der Waals surface area contributed by atoms with Gasteiger partial charge >= 0.3 is 5.97 Å². The Hall–Kier alpha value is -3.43. The molecule has 0 saturated carbocycles. The maximum absolute atomic E-state index is 12.5. The molecule has 1 aromatic rings. The van der Waals surface area contributed by atoms with Crippen molar-refractivity contribution in [3.8, 4) is 11.5 Å². The van der Waals surface area contributed by atoms with Gasteiger partial charge in [0.15, 0.2) is 0 Å². The number of hydrogen-bond acceptors (Lipinski definition) is 8. The van der Waals surface area contributed by atoms with Crippen molar-refractivity contribution in [3.05, 3.63) is 35.2 Å². The highest BCUT2D eigenvalue weighted by Gasteiger charge is 2.43. The zero-order chi connectivity index (χ0) is 20.3. The van der Waals surface area contributed by atoms with Crippen molar-refractivity contribution in [2.24, 2.45) is 0 Å². The van der Waals surface area contributed by atoms with Crippen molar-refractivity contribution >= 4 is 17.8 Å². The van der Waals surface area contributed by atoms with Crippen molar-refractivity contribution in [2.45, 2.75) is 13.3 Å². The standard InChI is InChI=1S/C17H22N4O6/c1-5-21-13(15(25)19-3)12(14(24)18-2)20(4)17(21)27-16(26)10-8-9(22)6-7-11(10)23/h6-8,17,22-23H,5H2,1-4H3,(H,18,24)(H,19,25). The molecule has 1 aliphatic rings. The number of likely N-dealkylation sites (N-methyl/N-ethyl adjacent to an activating group) is 4. The van der Waals surface area contributed by atoms with E-state index in [0.29, 0.717) is 0 Å². The number of benzene rings is 1. The Balaban J connectivity index is 2.40. The van der Waals surface area contributed by atoms with E-state index in [2.05, 4.69) is 10.6 Å². The molecule has 0 bridgehead atoms. The molecule has 1 aromatic carbocycles. The van der Waals surface area contributed by atoms with Crippen molar-refractivity contribution < 1.29 is 29.3 Å². The smallest absolute Gasteiger partial charge is 0.345 e. The summed E-state index contributed by atoms with van der Waals surface area (Å²) in [6, 6.07) is 3.45. The molecule has 146 valence electrons. The van der Waals surface area contributed by atoms with Crippen LogP contribution in [0.3, 0.4) is 0 Å². The third-order valence-corrected chi connectivity index (χ3v) is 4.10. The first kappa shape index (κ1) is 19.9. The fraction of sp³-hybridized carbons (Fsp3) is 0.353. The summed E-state index contributed by atoms with van der Waals surface area (Å²) < 4.78 is 5.44. The molecule has 0 spiro atoms. The quantitative estimate of drug-likeness (QED) is 0.399. The summed E-state index contributed by atoms with van der Waals surface area (Å²) in [5.41, 5.74) is -0.147. The van der Waals surface area contributed by atoms with Crippen LogP contribution in [0.1, 0.15) is 17.3 Å². The highest BCUT2D eigenvalue weighted by Crippen LogP contribution is 2.31. The molecular weight excluding hydrogens is 356 g/mol. The number of nitrogens with one attached hydrogen (secondary N) is 2. The summed E-state index contributed by atoms with van der Waals surface area (Å²) in [7, 11) is 4.35. The predicted octanol–water partition coefficient (Wildman–Crippen LogP) is -0.491. The maximum atomic E-state index is 12.5. The molecule has 0 saturated heterocycles. The van der Waals surface area contributed by atoms with Gasteiger partial charge in [0, 0.05) is 27.7 Å². The minimum atomic E-state index is -1.09. The van der Waals surface area contributed by atoms with E-state index >= 15 is 0 Å². The normalized spacial score (nSPS) is 16.4. The van der Waals surface area contributed by atoms with Gasteiger partial charge in [-0.25, -0.2) is 4.79 Å². The molecule has 0 aromatic heterocycles. The lowest BCUT2D eigenvalue weighted by atomic mass is 10.2. The average molecular weight is 378 g/mol.